The maximum Gasteiger partial charge on any atom is 0.322 e. The summed E-state index contributed by atoms with van der Waals surface area (Å²) in [4.78, 5) is 29.4. The molecule has 2 aliphatic rings. The van der Waals surface area contributed by atoms with Crippen molar-refractivity contribution in [3.05, 3.63) is 29.7 Å². The number of aromatic nitrogens is 3. The van der Waals surface area contributed by atoms with E-state index in [-0.39, 0.29) is 37.3 Å². The molecular formula is C21H25F4N5O3. The predicted octanol–water partition coefficient (Wildman–Crippen LogP) is 2.41. The molecule has 180 valence electrons. The molecule has 0 aromatic carbocycles. The standard InChI is InChI=1S/C21H25F4N5O3/c1-33-18(32)19(10-21(24,25)11-27-17(19)31)8-13-2-3-15-28-14(9-30(15)29-13)16(26)12-4-6-20(22,23)7-5-12/h2-3,9,12,16H,4-8,10-11,26H2,1H3,(H,27,31). The lowest BCUT2D eigenvalue weighted by Crippen LogP contribution is -2.59. The summed E-state index contributed by atoms with van der Waals surface area (Å²) in [5.74, 6) is -8.00. The van der Waals surface area contributed by atoms with E-state index in [4.69, 9.17) is 5.73 Å². The Balaban J connectivity index is 1.59. The zero-order valence-electron chi connectivity index (χ0n) is 18.0. The van der Waals surface area contributed by atoms with Crippen LogP contribution in [0.15, 0.2) is 18.3 Å². The van der Waals surface area contributed by atoms with E-state index in [0.29, 0.717) is 11.3 Å². The number of alkyl halides is 4. The van der Waals surface area contributed by atoms with Crippen molar-refractivity contribution in [1.29, 1.82) is 0 Å². The molecule has 1 saturated carbocycles. The fourth-order valence-corrected chi connectivity index (χ4v) is 4.71. The van der Waals surface area contributed by atoms with E-state index in [1.165, 1.54) is 10.6 Å². The number of carbonyl (C=O) groups excluding carboxylic acids is 2. The third-order valence-corrected chi connectivity index (χ3v) is 6.57. The van der Waals surface area contributed by atoms with Crippen molar-refractivity contribution >= 4 is 17.5 Å². The highest BCUT2D eigenvalue weighted by atomic mass is 19.3. The number of esters is 1. The van der Waals surface area contributed by atoms with Gasteiger partial charge >= 0.3 is 5.97 Å². The molecule has 1 aliphatic heterocycles. The Labute approximate surface area is 186 Å². The molecule has 3 N–H and O–H groups in total. The molecule has 2 unspecified atom stereocenters. The molecule has 1 saturated heterocycles. The van der Waals surface area contributed by atoms with Crippen molar-refractivity contribution in [2.24, 2.45) is 17.1 Å². The average Bonchev–Trinajstić information content (AvgIpc) is 3.18. The molecule has 0 spiro atoms. The summed E-state index contributed by atoms with van der Waals surface area (Å²) in [6.07, 6.45) is 0.291. The topological polar surface area (TPSA) is 112 Å². The maximum absolute atomic E-state index is 14.1. The van der Waals surface area contributed by atoms with Gasteiger partial charge < -0.3 is 15.8 Å². The summed E-state index contributed by atoms with van der Waals surface area (Å²) in [7, 11) is 1.03. The molecular weight excluding hydrogens is 446 g/mol. The highest BCUT2D eigenvalue weighted by Crippen LogP contribution is 2.41. The van der Waals surface area contributed by atoms with E-state index in [9.17, 15) is 27.2 Å². The van der Waals surface area contributed by atoms with E-state index in [0.717, 1.165) is 7.11 Å². The van der Waals surface area contributed by atoms with Crippen LogP contribution in [0.25, 0.3) is 5.65 Å². The molecule has 1 aliphatic carbocycles. The monoisotopic (exact) mass is 471 g/mol. The summed E-state index contributed by atoms with van der Waals surface area (Å²) in [5.41, 5.74) is 5.26. The number of nitrogens with two attached hydrogens (primary N) is 1. The number of hydrogen-bond acceptors (Lipinski definition) is 6. The third kappa shape index (κ3) is 4.53. The first-order valence-electron chi connectivity index (χ1n) is 10.7. The fraction of sp³-hybridized carbons (Fsp3) is 0.619. The Morgan fingerprint density at radius 2 is 1.97 bits per heavy atom. The lowest BCUT2D eigenvalue weighted by molar-refractivity contribution is -0.172. The Kier molecular flexibility index (Phi) is 5.83. The molecule has 4 rings (SSSR count). The number of fused-ring (bicyclic) bond motifs is 1. The van der Waals surface area contributed by atoms with Crippen LogP contribution in [-0.4, -0.2) is 52.0 Å². The van der Waals surface area contributed by atoms with E-state index in [1.807, 2.05) is 0 Å². The van der Waals surface area contributed by atoms with Crippen molar-refractivity contribution in [3.63, 3.8) is 0 Å². The maximum atomic E-state index is 14.1. The third-order valence-electron chi connectivity index (χ3n) is 6.57. The van der Waals surface area contributed by atoms with Crippen LogP contribution >= 0.6 is 0 Å². The minimum absolute atomic E-state index is 0.148. The minimum Gasteiger partial charge on any atom is -0.468 e. The van der Waals surface area contributed by atoms with E-state index in [1.54, 1.807) is 12.3 Å². The van der Waals surface area contributed by atoms with Gasteiger partial charge in [0.05, 0.1) is 37.3 Å². The van der Waals surface area contributed by atoms with Crippen LogP contribution in [0, 0.1) is 11.3 Å². The Morgan fingerprint density at radius 1 is 1.27 bits per heavy atom. The second kappa shape index (κ2) is 8.23. The lowest BCUT2D eigenvalue weighted by Gasteiger charge is -2.37. The Morgan fingerprint density at radius 3 is 2.64 bits per heavy atom. The van der Waals surface area contributed by atoms with Gasteiger partial charge in [-0.3, -0.25) is 9.59 Å². The van der Waals surface area contributed by atoms with Gasteiger partial charge in [-0.2, -0.15) is 5.10 Å². The van der Waals surface area contributed by atoms with Crippen molar-refractivity contribution in [2.45, 2.75) is 56.4 Å². The van der Waals surface area contributed by atoms with Gasteiger partial charge in [-0.1, -0.05) is 0 Å². The van der Waals surface area contributed by atoms with Crippen molar-refractivity contribution in [3.8, 4) is 0 Å². The molecule has 0 radical (unpaired) electrons. The summed E-state index contributed by atoms with van der Waals surface area (Å²) < 4.78 is 61.2. The number of rotatable bonds is 5. The van der Waals surface area contributed by atoms with Crippen LogP contribution in [0.4, 0.5) is 17.6 Å². The summed E-state index contributed by atoms with van der Waals surface area (Å²) in [5, 5.41) is 6.42. The smallest absolute Gasteiger partial charge is 0.322 e. The van der Waals surface area contributed by atoms with Gasteiger partial charge in [0.1, 0.15) is 0 Å². The number of carbonyl (C=O) groups is 2. The molecule has 2 fully saturated rings. The number of methoxy groups -OCH3 is 1. The van der Waals surface area contributed by atoms with Crippen LogP contribution < -0.4 is 11.1 Å². The Bertz CT molecular complexity index is 1060. The average molecular weight is 471 g/mol. The second-order valence-corrected chi connectivity index (χ2v) is 8.98. The van der Waals surface area contributed by atoms with Crippen molar-refractivity contribution in [1.82, 2.24) is 19.9 Å². The molecule has 2 atom stereocenters. The van der Waals surface area contributed by atoms with Crippen LogP contribution in [0.5, 0.6) is 0 Å². The van der Waals surface area contributed by atoms with Crippen molar-refractivity contribution in [2.75, 3.05) is 13.7 Å². The second-order valence-electron chi connectivity index (χ2n) is 8.98. The highest BCUT2D eigenvalue weighted by molar-refractivity contribution is 6.03. The largest absolute Gasteiger partial charge is 0.468 e. The van der Waals surface area contributed by atoms with Crippen LogP contribution in [-0.2, 0) is 20.7 Å². The number of halogens is 4. The summed E-state index contributed by atoms with van der Waals surface area (Å²) in [6.45, 7) is -0.854. The zero-order chi connectivity index (χ0) is 24.0. The number of nitrogens with zero attached hydrogens (tertiary/aromatic N) is 3. The van der Waals surface area contributed by atoms with Gasteiger partial charge in [0.2, 0.25) is 11.8 Å². The summed E-state index contributed by atoms with van der Waals surface area (Å²) >= 11 is 0. The first-order chi connectivity index (χ1) is 15.4. The number of piperidine rings is 1. The molecule has 2 aromatic heterocycles. The number of nitrogens with one attached hydrogen (secondary N) is 1. The first-order valence-corrected chi connectivity index (χ1v) is 10.7. The van der Waals surface area contributed by atoms with Gasteiger partial charge in [-0.25, -0.2) is 27.1 Å². The normalized spacial score (nSPS) is 26.1. The van der Waals surface area contributed by atoms with Gasteiger partial charge in [-0.05, 0) is 30.9 Å². The predicted molar refractivity (Wildman–Crippen MR) is 108 cm³/mol. The van der Waals surface area contributed by atoms with E-state index < -0.39 is 54.6 Å². The quantitative estimate of drug-likeness (QED) is 0.394. The van der Waals surface area contributed by atoms with Crippen molar-refractivity contribution < 1.29 is 31.9 Å². The number of amides is 1. The SMILES string of the molecule is COC(=O)C1(Cc2ccc3nc(C(N)C4CCC(F)(F)CC4)cn3n2)CC(F)(F)CNC1=O. The van der Waals surface area contributed by atoms with Gasteiger partial charge in [-0.15, -0.1) is 0 Å². The minimum atomic E-state index is -3.28. The van der Waals surface area contributed by atoms with Crippen LogP contribution in [0.1, 0.15) is 49.5 Å². The van der Waals surface area contributed by atoms with Crippen LogP contribution in [0.3, 0.4) is 0 Å². The Hall–Kier alpha value is -2.76. The number of imidazole rings is 1. The highest BCUT2D eigenvalue weighted by Gasteiger charge is 2.57. The molecule has 3 heterocycles. The molecule has 0 bridgehead atoms. The van der Waals surface area contributed by atoms with E-state index >= 15 is 0 Å². The molecule has 33 heavy (non-hydrogen) atoms. The molecule has 12 heteroatoms. The first kappa shape index (κ1) is 23.4. The van der Waals surface area contributed by atoms with E-state index in [2.05, 4.69) is 20.1 Å². The van der Waals surface area contributed by atoms with Gasteiger partial charge in [0, 0.05) is 25.7 Å². The summed E-state index contributed by atoms with van der Waals surface area (Å²) in [6, 6.07) is 2.50. The van der Waals surface area contributed by atoms with Crippen LogP contribution in [0.2, 0.25) is 0 Å². The molecule has 2 aromatic rings. The molecule has 8 nitrogen and oxygen atoms in total. The fourth-order valence-electron chi connectivity index (χ4n) is 4.71. The van der Waals surface area contributed by atoms with Gasteiger partial charge in [0.25, 0.3) is 5.92 Å². The molecule has 1 amide bonds. The lowest BCUT2D eigenvalue weighted by atomic mass is 9.74. The van der Waals surface area contributed by atoms with Gasteiger partial charge in [0.15, 0.2) is 11.1 Å². The number of hydrogen-bond donors (Lipinski definition) is 2. The zero-order valence-corrected chi connectivity index (χ0v) is 18.0. The number of ether oxygens (including phenoxy) is 1.